The van der Waals surface area contributed by atoms with Gasteiger partial charge >= 0.3 is 11.9 Å². The van der Waals surface area contributed by atoms with Crippen molar-refractivity contribution >= 4 is 28.4 Å². The van der Waals surface area contributed by atoms with Gasteiger partial charge in [-0.1, -0.05) is 12.1 Å². The average Bonchev–Trinajstić information content (AvgIpc) is 3.25. The minimum absolute atomic E-state index is 0.0372. The lowest BCUT2D eigenvalue weighted by molar-refractivity contribution is -0.385. The molecule has 3 aromatic carbocycles. The average molecular weight is 494 g/mol. The van der Waals surface area contributed by atoms with Crippen LogP contribution in [-0.2, 0) is 6.18 Å². The number of ether oxygens (including phenoxy) is 2. The third kappa shape index (κ3) is 4.97. The molecule has 0 unspecified atom stereocenters. The van der Waals surface area contributed by atoms with E-state index in [1.165, 1.54) is 19.2 Å². The number of rotatable bonds is 6. The molecular weight excluding hydrogens is 477 g/mol. The van der Waals surface area contributed by atoms with Gasteiger partial charge in [0.2, 0.25) is 5.75 Å². The Morgan fingerprint density at radius 2 is 1.86 bits per heavy atom. The highest BCUT2D eigenvalue weighted by molar-refractivity contribution is 5.90. The monoisotopic (exact) mass is 494 g/mol. The summed E-state index contributed by atoms with van der Waals surface area (Å²) in [5, 5.41) is 21.0. The highest BCUT2D eigenvalue weighted by Gasteiger charge is 2.33. The molecule has 0 radical (unpaired) electrons. The summed E-state index contributed by atoms with van der Waals surface area (Å²) in [5.41, 5.74) is 1.30. The maximum atomic E-state index is 13.0. The van der Waals surface area contributed by atoms with E-state index in [-0.39, 0.29) is 22.8 Å². The summed E-state index contributed by atoms with van der Waals surface area (Å²) in [5.74, 6) is 0.174. The van der Waals surface area contributed by atoms with E-state index in [9.17, 15) is 28.5 Å². The molecule has 0 saturated carbocycles. The van der Waals surface area contributed by atoms with Crippen molar-refractivity contribution in [1.82, 2.24) is 9.97 Å². The third-order valence-electron chi connectivity index (χ3n) is 5.21. The number of nitrogens with zero attached hydrogens (tertiary/aromatic N) is 3. The van der Waals surface area contributed by atoms with Crippen molar-refractivity contribution in [3.8, 4) is 23.3 Å². The fraction of sp³-hybridized carbons (Fsp3) is 0.120. The first-order valence-electron chi connectivity index (χ1n) is 10.4. The first-order chi connectivity index (χ1) is 17.1. The Morgan fingerprint density at radius 1 is 1.11 bits per heavy atom. The maximum Gasteiger partial charge on any atom is 0.416 e. The van der Waals surface area contributed by atoms with Crippen molar-refractivity contribution in [2.45, 2.75) is 13.1 Å². The Kier molecular flexibility index (Phi) is 6.35. The number of benzene rings is 3. The minimum Gasteiger partial charge on any atom is -0.493 e. The van der Waals surface area contributed by atoms with Crippen LogP contribution in [0, 0.1) is 28.4 Å². The van der Waals surface area contributed by atoms with Crippen LogP contribution in [0.4, 0.5) is 18.9 Å². The summed E-state index contributed by atoms with van der Waals surface area (Å²) in [6.45, 7) is 1.94. The Morgan fingerprint density at radius 3 is 2.53 bits per heavy atom. The van der Waals surface area contributed by atoms with Gasteiger partial charge in [-0.05, 0) is 60.5 Å². The summed E-state index contributed by atoms with van der Waals surface area (Å²) in [7, 11) is 1.34. The van der Waals surface area contributed by atoms with Gasteiger partial charge in [0, 0.05) is 6.07 Å². The molecule has 11 heteroatoms. The summed E-state index contributed by atoms with van der Waals surface area (Å²) < 4.78 is 49.8. The second kappa shape index (κ2) is 9.42. The van der Waals surface area contributed by atoms with Crippen molar-refractivity contribution in [2.24, 2.45) is 0 Å². The van der Waals surface area contributed by atoms with Gasteiger partial charge < -0.3 is 14.5 Å². The number of methoxy groups -OCH3 is 1. The number of nitriles is 1. The number of H-pyrrole nitrogens is 1. The second-order valence-electron chi connectivity index (χ2n) is 7.73. The van der Waals surface area contributed by atoms with Gasteiger partial charge in [-0.25, -0.2) is 4.98 Å². The number of hydrogen-bond acceptors (Lipinski definition) is 6. The lowest BCUT2D eigenvalue weighted by atomic mass is 10.1. The molecule has 0 fully saturated rings. The molecule has 0 aliphatic rings. The molecule has 36 heavy (non-hydrogen) atoms. The van der Waals surface area contributed by atoms with Gasteiger partial charge in [0.1, 0.15) is 11.9 Å². The zero-order chi connectivity index (χ0) is 26.0. The first-order valence-corrected chi connectivity index (χ1v) is 10.4. The molecule has 1 aromatic heterocycles. The van der Waals surface area contributed by atoms with Gasteiger partial charge in [0.25, 0.3) is 0 Å². The number of alkyl halides is 3. The maximum absolute atomic E-state index is 13.0. The van der Waals surface area contributed by atoms with E-state index in [4.69, 9.17) is 9.47 Å². The zero-order valence-electron chi connectivity index (χ0n) is 18.9. The molecule has 8 nitrogen and oxygen atoms in total. The number of aromatic nitrogens is 2. The predicted octanol–water partition coefficient (Wildman–Crippen LogP) is 6.66. The fourth-order valence-electron chi connectivity index (χ4n) is 3.47. The molecular formula is C25H17F3N4O4. The van der Waals surface area contributed by atoms with Crippen LogP contribution < -0.4 is 9.47 Å². The SMILES string of the molecule is COc1cc(/C=C(\C#N)c2nc3ccc(C)cc3[nH]2)ccc1Oc1ccc(C(F)(F)F)cc1[N+](=O)[O-]. The molecule has 0 bridgehead atoms. The number of fused-ring (bicyclic) bond motifs is 1. The molecule has 0 atom stereocenters. The summed E-state index contributed by atoms with van der Waals surface area (Å²) in [4.78, 5) is 17.9. The number of aryl methyl sites for hydroxylation is 1. The topological polar surface area (TPSA) is 114 Å². The van der Waals surface area contributed by atoms with E-state index in [0.717, 1.165) is 17.1 Å². The Hall–Kier alpha value is -4.85. The quantitative estimate of drug-likeness (QED) is 0.182. The van der Waals surface area contributed by atoms with Crippen LogP contribution in [0.1, 0.15) is 22.5 Å². The van der Waals surface area contributed by atoms with Crippen molar-refractivity contribution in [2.75, 3.05) is 7.11 Å². The normalized spacial score (nSPS) is 11.8. The number of allylic oxidation sites excluding steroid dienone is 1. The van der Waals surface area contributed by atoms with Gasteiger partial charge in [-0.15, -0.1) is 0 Å². The minimum atomic E-state index is -4.74. The van der Waals surface area contributed by atoms with Crippen molar-refractivity contribution in [3.63, 3.8) is 0 Å². The Balaban J connectivity index is 1.67. The van der Waals surface area contributed by atoms with Crippen LogP contribution in [0.3, 0.4) is 0 Å². The van der Waals surface area contributed by atoms with Crippen LogP contribution in [0.25, 0.3) is 22.7 Å². The van der Waals surface area contributed by atoms with E-state index in [1.54, 1.807) is 12.1 Å². The van der Waals surface area contributed by atoms with E-state index < -0.39 is 22.4 Å². The molecule has 0 aliphatic carbocycles. The number of halogens is 3. The predicted molar refractivity (Wildman–Crippen MR) is 125 cm³/mol. The van der Waals surface area contributed by atoms with Crippen LogP contribution in [-0.4, -0.2) is 22.0 Å². The zero-order valence-corrected chi connectivity index (χ0v) is 18.9. The van der Waals surface area contributed by atoms with Crippen molar-refractivity contribution in [3.05, 3.63) is 87.2 Å². The molecule has 0 aliphatic heterocycles. The summed E-state index contributed by atoms with van der Waals surface area (Å²) in [6.07, 6.45) is -3.18. The number of imidazole rings is 1. The van der Waals surface area contributed by atoms with Crippen molar-refractivity contribution in [1.29, 1.82) is 5.26 Å². The summed E-state index contributed by atoms with van der Waals surface area (Å²) in [6, 6.07) is 14.3. The molecule has 0 saturated heterocycles. The molecule has 1 heterocycles. The van der Waals surface area contributed by atoms with E-state index >= 15 is 0 Å². The number of nitro groups is 1. The smallest absolute Gasteiger partial charge is 0.416 e. The van der Waals surface area contributed by atoms with E-state index in [0.29, 0.717) is 29.0 Å². The molecule has 1 N–H and O–H groups in total. The largest absolute Gasteiger partial charge is 0.493 e. The number of nitro benzene ring substituents is 1. The molecule has 0 amide bonds. The molecule has 4 aromatic rings. The lowest BCUT2D eigenvalue weighted by Gasteiger charge is -2.13. The van der Waals surface area contributed by atoms with Crippen LogP contribution in [0.2, 0.25) is 0 Å². The number of nitrogens with one attached hydrogen (secondary N) is 1. The Bertz CT molecular complexity index is 1550. The second-order valence-corrected chi connectivity index (χ2v) is 7.73. The fourth-order valence-corrected chi connectivity index (χ4v) is 3.47. The summed E-state index contributed by atoms with van der Waals surface area (Å²) >= 11 is 0. The molecule has 182 valence electrons. The molecule has 0 spiro atoms. The van der Waals surface area contributed by atoms with Crippen molar-refractivity contribution < 1.29 is 27.6 Å². The van der Waals surface area contributed by atoms with E-state index in [2.05, 4.69) is 16.0 Å². The number of hydrogen-bond donors (Lipinski definition) is 1. The van der Waals surface area contributed by atoms with Gasteiger partial charge in [0.05, 0.1) is 34.2 Å². The van der Waals surface area contributed by atoms with Gasteiger partial charge in [-0.2, -0.15) is 18.4 Å². The highest BCUT2D eigenvalue weighted by Crippen LogP contribution is 2.40. The van der Waals surface area contributed by atoms with E-state index in [1.807, 2.05) is 25.1 Å². The third-order valence-corrected chi connectivity index (χ3v) is 5.21. The van der Waals surface area contributed by atoms with Crippen LogP contribution >= 0.6 is 0 Å². The van der Waals surface area contributed by atoms with Gasteiger partial charge in [-0.3, -0.25) is 10.1 Å². The van der Waals surface area contributed by atoms with Crippen LogP contribution in [0.15, 0.2) is 54.6 Å². The first kappa shape index (κ1) is 24.3. The molecule has 4 rings (SSSR count). The highest BCUT2D eigenvalue weighted by atomic mass is 19.4. The number of aromatic amines is 1. The Labute approximate surface area is 202 Å². The standard InChI is InChI=1S/C25H17F3N4O4/c1-14-3-6-18-19(9-14)31-24(30-18)16(13-29)10-15-4-7-22(23(11-15)35-2)36-21-8-5-17(25(26,27)28)12-20(21)32(33)34/h3-12H,1-2H3,(H,30,31)/b16-10+. The lowest BCUT2D eigenvalue weighted by Crippen LogP contribution is -2.06. The van der Waals surface area contributed by atoms with Gasteiger partial charge in [0.15, 0.2) is 11.5 Å². The van der Waals surface area contributed by atoms with Crippen LogP contribution in [0.5, 0.6) is 17.2 Å².